The molecule has 1 aromatic rings. The summed E-state index contributed by atoms with van der Waals surface area (Å²) in [4.78, 5) is 0. The van der Waals surface area contributed by atoms with E-state index in [4.69, 9.17) is 17.4 Å². The lowest BCUT2D eigenvalue weighted by Crippen LogP contribution is -2.40. The third kappa shape index (κ3) is 2.18. The van der Waals surface area contributed by atoms with Crippen molar-refractivity contribution in [1.29, 1.82) is 0 Å². The lowest BCUT2D eigenvalue weighted by Gasteiger charge is -2.18. The first-order valence-electron chi connectivity index (χ1n) is 6.51. The maximum Gasteiger partial charge on any atom is 0.0408 e. The molecule has 0 bridgehead atoms. The van der Waals surface area contributed by atoms with Crippen LogP contribution in [0.1, 0.15) is 33.3 Å². The smallest absolute Gasteiger partial charge is 0.0408 e. The molecule has 1 unspecified atom stereocenters. The Labute approximate surface area is 115 Å². The van der Waals surface area contributed by atoms with Crippen LogP contribution in [0.25, 0.3) is 0 Å². The van der Waals surface area contributed by atoms with Crippen molar-refractivity contribution in [1.82, 2.24) is 5.43 Å². The highest BCUT2D eigenvalue weighted by Crippen LogP contribution is 2.69. The molecule has 1 fully saturated rings. The molecule has 1 atom stereocenters. The molecule has 18 heavy (non-hydrogen) atoms. The van der Waals surface area contributed by atoms with Crippen LogP contribution in [-0.4, -0.2) is 6.04 Å². The van der Waals surface area contributed by atoms with E-state index in [0.29, 0.717) is 22.8 Å². The van der Waals surface area contributed by atoms with Gasteiger partial charge in [-0.25, -0.2) is 0 Å². The summed E-state index contributed by atoms with van der Waals surface area (Å²) in [5.41, 5.74) is 4.91. The molecule has 0 saturated heterocycles. The minimum Gasteiger partial charge on any atom is -0.271 e. The molecule has 3 N–H and O–H groups in total. The largest absolute Gasteiger partial charge is 0.271 e. The summed E-state index contributed by atoms with van der Waals surface area (Å²) in [5, 5.41) is 0.789. The van der Waals surface area contributed by atoms with Crippen molar-refractivity contribution in [3.8, 4) is 0 Å². The zero-order chi connectivity index (χ0) is 13.6. The van der Waals surface area contributed by atoms with Gasteiger partial charge in [0.25, 0.3) is 0 Å². The zero-order valence-electron chi connectivity index (χ0n) is 11.6. The van der Waals surface area contributed by atoms with E-state index in [1.165, 1.54) is 5.56 Å². The molecule has 2 nitrogen and oxygen atoms in total. The van der Waals surface area contributed by atoms with Crippen LogP contribution < -0.4 is 11.3 Å². The first-order chi connectivity index (χ1) is 8.30. The standard InChI is InChI=1S/C15H23ClN2/c1-14(2)13(15(14,3)4)12(18-17)9-10-6-5-7-11(16)8-10/h5-8,12-13,18H,9,17H2,1-4H3. The lowest BCUT2D eigenvalue weighted by atomic mass is 9.97. The van der Waals surface area contributed by atoms with Crippen LogP contribution in [0.15, 0.2) is 24.3 Å². The molecule has 3 heteroatoms. The lowest BCUT2D eigenvalue weighted by molar-refractivity contribution is 0.402. The van der Waals surface area contributed by atoms with Crippen LogP contribution in [0.5, 0.6) is 0 Å². The molecule has 0 aliphatic heterocycles. The molecule has 0 aromatic heterocycles. The molecule has 0 radical (unpaired) electrons. The van der Waals surface area contributed by atoms with E-state index in [-0.39, 0.29) is 0 Å². The Hall–Kier alpha value is -0.570. The molecular formula is C15H23ClN2. The van der Waals surface area contributed by atoms with Crippen LogP contribution in [-0.2, 0) is 6.42 Å². The second-order valence-electron chi connectivity index (χ2n) is 6.53. The number of benzene rings is 1. The zero-order valence-corrected chi connectivity index (χ0v) is 12.4. The second-order valence-corrected chi connectivity index (χ2v) is 6.96. The molecule has 2 rings (SSSR count). The Morgan fingerprint density at radius 1 is 1.28 bits per heavy atom. The molecular weight excluding hydrogens is 244 g/mol. The highest BCUT2D eigenvalue weighted by molar-refractivity contribution is 6.30. The monoisotopic (exact) mass is 266 g/mol. The van der Waals surface area contributed by atoms with Crippen LogP contribution >= 0.6 is 11.6 Å². The Kier molecular flexibility index (Phi) is 3.48. The van der Waals surface area contributed by atoms with Crippen LogP contribution in [0, 0.1) is 16.7 Å². The number of hydrogen-bond acceptors (Lipinski definition) is 2. The number of hydrazine groups is 1. The van der Waals surface area contributed by atoms with Gasteiger partial charge in [0.1, 0.15) is 0 Å². The third-order valence-electron chi connectivity index (χ3n) is 5.09. The van der Waals surface area contributed by atoms with E-state index >= 15 is 0 Å². The maximum atomic E-state index is 6.03. The number of halogens is 1. The van der Waals surface area contributed by atoms with Crippen molar-refractivity contribution in [2.24, 2.45) is 22.6 Å². The van der Waals surface area contributed by atoms with E-state index in [2.05, 4.69) is 39.2 Å². The molecule has 1 aliphatic rings. The van der Waals surface area contributed by atoms with Gasteiger partial charge < -0.3 is 0 Å². The van der Waals surface area contributed by atoms with Gasteiger partial charge in [0.15, 0.2) is 0 Å². The number of rotatable bonds is 4. The number of nitrogens with one attached hydrogen (secondary N) is 1. The van der Waals surface area contributed by atoms with Crippen molar-refractivity contribution < 1.29 is 0 Å². The Morgan fingerprint density at radius 3 is 2.33 bits per heavy atom. The summed E-state index contributed by atoms with van der Waals surface area (Å²) in [6.45, 7) is 9.28. The third-order valence-corrected chi connectivity index (χ3v) is 5.33. The van der Waals surface area contributed by atoms with Crippen LogP contribution in [0.4, 0.5) is 0 Å². The highest BCUT2D eigenvalue weighted by Gasteiger charge is 2.66. The maximum absolute atomic E-state index is 6.03. The topological polar surface area (TPSA) is 38.0 Å². The van der Waals surface area contributed by atoms with Crippen molar-refractivity contribution in [3.63, 3.8) is 0 Å². The molecule has 1 aromatic carbocycles. The highest BCUT2D eigenvalue weighted by atomic mass is 35.5. The van der Waals surface area contributed by atoms with E-state index < -0.39 is 0 Å². The molecule has 0 amide bonds. The molecule has 1 saturated carbocycles. The van der Waals surface area contributed by atoms with Gasteiger partial charge in [0.05, 0.1) is 0 Å². The van der Waals surface area contributed by atoms with E-state index in [0.717, 1.165) is 11.4 Å². The molecule has 0 spiro atoms. The van der Waals surface area contributed by atoms with Gasteiger partial charge in [0, 0.05) is 11.1 Å². The quantitative estimate of drug-likeness (QED) is 0.648. The summed E-state index contributed by atoms with van der Waals surface area (Å²) in [5.74, 6) is 6.35. The normalized spacial score (nSPS) is 22.8. The number of hydrogen-bond donors (Lipinski definition) is 2. The summed E-state index contributed by atoms with van der Waals surface area (Å²) < 4.78 is 0. The summed E-state index contributed by atoms with van der Waals surface area (Å²) >= 11 is 6.03. The van der Waals surface area contributed by atoms with Crippen molar-refractivity contribution in [3.05, 3.63) is 34.9 Å². The SMILES string of the molecule is CC1(C)C(C(Cc2cccc(Cl)c2)NN)C1(C)C. The van der Waals surface area contributed by atoms with Gasteiger partial charge in [-0.2, -0.15) is 0 Å². The van der Waals surface area contributed by atoms with E-state index in [1.54, 1.807) is 0 Å². The van der Waals surface area contributed by atoms with E-state index in [9.17, 15) is 0 Å². The first-order valence-corrected chi connectivity index (χ1v) is 6.89. The summed E-state index contributed by atoms with van der Waals surface area (Å²) in [6.07, 6.45) is 0.925. The fourth-order valence-corrected chi connectivity index (χ4v) is 3.66. The average Bonchev–Trinajstić information content (AvgIpc) is 2.67. The van der Waals surface area contributed by atoms with Gasteiger partial charge in [-0.05, 0) is 40.9 Å². The van der Waals surface area contributed by atoms with Gasteiger partial charge in [-0.1, -0.05) is 51.4 Å². The van der Waals surface area contributed by atoms with Crippen LogP contribution in [0.3, 0.4) is 0 Å². The minimum absolute atomic E-state index is 0.300. The fourth-order valence-electron chi connectivity index (χ4n) is 3.44. The summed E-state index contributed by atoms with van der Waals surface area (Å²) in [6, 6.07) is 8.33. The van der Waals surface area contributed by atoms with Gasteiger partial charge in [-0.15, -0.1) is 0 Å². The average molecular weight is 267 g/mol. The second kappa shape index (κ2) is 4.52. The Morgan fingerprint density at radius 2 is 1.89 bits per heavy atom. The predicted octanol–water partition coefficient (Wildman–Crippen LogP) is 3.40. The van der Waals surface area contributed by atoms with Crippen molar-refractivity contribution >= 4 is 11.6 Å². The fraction of sp³-hybridized carbons (Fsp3) is 0.600. The van der Waals surface area contributed by atoms with Crippen LogP contribution in [0.2, 0.25) is 5.02 Å². The Bertz CT molecular complexity index is 426. The van der Waals surface area contributed by atoms with Crippen molar-refractivity contribution in [2.75, 3.05) is 0 Å². The van der Waals surface area contributed by atoms with E-state index in [1.807, 2.05) is 18.2 Å². The minimum atomic E-state index is 0.300. The Balaban J connectivity index is 2.13. The molecule has 1 aliphatic carbocycles. The number of nitrogens with two attached hydrogens (primary N) is 1. The predicted molar refractivity (Wildman–Crippen MR) is 77.3 cm³/mol. The van der Waals surface area contributed by atoms with Gasteiger partial charge in [0.2, 0.25) is 0 Å². The molecule has 0 heterocycles. The van der Waals surface area contributed by atoms with Gasteiger partial charge in [-0.3, -0.25) is 11.3 Å². The van der Waals surface area contributed by atoms with Crippen molar-refractivity contribution in [2.45, 2.75) is 40.2 Å². The summed E-state index contributed by atoms with van der Waals surface area (Å²) in [7, 11) is 0. The molecule has 100 valence electrons. The first kappa shape index (κ1) is 13.9. The van der Waals surface area contributed by atoms with Gasteiger partial charge >= 0.3 is 0 Å².